The van der Waals surface area contributed by atoms with E-state index in [1.54, 1.807) is 42.4 Å². The van der Waals surface area contributed by atoms with Gasteiger partial charge in [0.2, 0.25) is 5.91 Å². The van der Waals surface area contributed by atoms with Crippen LogP contribution in [0, 0.1) is 19.8 Å². The highest BCUT2D eigenvalue weighted by molar-refractivity contribution is 7.92. The number of pyridine rings is 1. The van der Waals surface area contributed by atoms with Gasteiger partial charge >= 0.3 is 0 Å². The number of likely N-dealkylation sites (N-methyl/N-ethyl adjacent to an activating group) is 1. The number of fused-ring (bicyclic) bond motifs is 1. The van der Waals surface area contributed by atoms with Crippen molar-refractivity contribution in [2.75, 3.05) is 31.5 Å². The first kappa shape index (κ1) is 29.5. The van der Waals surface area contributed by atoms with Crippen LogP contribution in [0.4, 0.5) is 5.69 Å². The zero-order valence-electron chi connectivity index (χ0n) is 23.5. The van der Waals surface area contributed by atoms with E-state index in [-0.39, 0.29) is 59.0 Å². The van der Waals surface area contributed by atoms with Crippen molar-refractivity contribution in [1.82, 2.24) is 19.9 Å². The van der Waals surface area contributed by atoms with Crippen LogP contribution in [0.3, 0.4) is 0 Å². The van der Waals surface area contributed by atoms with Gasteiger partial charge in [0, 0.05) is 49.2 Å². The maximum absolute atomic E-state index is 13.5. The van der Waals surface area contributed by atoms with Gasteiger partial charge in [-0.1, -0.05) is 12.1 Å². The number of ether oxygens (including phenoxy) is 1. The molecule has 0 spiro atoms. The van der Waals surface area contributed by atoms with E-state index in [1.807, 2.05) is 33.0 Å². The van der Waals surface area contributed by atoms with Crippen LogP contribution in [0.15, 0.2) is 52.1 Å². The predicted molar refractivity (Wildman–Crippen MR) is 149 cm³/mol. The number of carbonyl (C=O) groups excluding carboxylic acids is 1. The first-order valence-electron chi connectivity index (χ1n) is 13.2. The molecule has 4 rings (SSSR count). The number of nitrogens with zero attached hydrogens (tertiary/aromatic N) is 4. The number of hydrogen-bond acceptors (Lipinski definition) is 9. The molecule has 11 nitrogen and oxygen atoms in total. The summed E-state index contributed by atoms with van der Waals surface area (Å²) >= 11 is 0. The summed E-state index contributed by atoms with van der Waals surface area (Å²) in [6.45, 7) is 8.46. The number of benzene rings is 1. The lowest BCUT2D eigenvalue weighted by Gasteiger charge is -2.34. The third-order valence-corrected chi connectivity index (χ3v) is 8.72. The number of aromatic nitrogens is 2. The molecule has 0 saturated heterocycles. The molecule has 3 atom stereocenters. The number of aryl methyl sites for hydroxylation is 2. The summed E-state index contributed by atoms with van der Waals surface area (Å²) < 4.78 is 40.4. The fourth-order valence-corrected chi connectivity index (χ4v) is 6.33. The van der Waals surface area contributed by atoms with Crippen LogP contribution in [-0.2, 0) is 27.8 Å². The quantitative estimate of drug-likeness (QED) is 0.397. The summed E-state index contributed by atoms with van der Waals surface area (Å²) in [7, 11) is -1.97. The third kappa shape index (κ3) is 6.80. The summed E-state index contributed by atoms with van der Waals surface area (Å²) in [5.74, 6) is 0.477. The molecule has 0 aliphatic carbocycles. The first-order chi connectivity index (χ1) is 19.0. The lowest BCUT2D eigenvalue weighted by molar-refractivity contribution is -0.134. The van der Waals surface area contributed by atoms with E-state index in [1.165, 1.54) is 6.92 Å². The topological polar surface area (TPSA) is 138 Å². The average Bonchev–Trinajstić information content (AvgIpc) is 3.27. The molecular formula is C28H37N5O6S. The van der Waals surface area contributed by atoms with Crippen LogP contribution in [0.1, 0.15) is 36.4 Å². The molecule has 1 aliphatic rings. The number of rotatable bonds is 9. The van der Waals surface area contributed by atoms with Crippen molar-refractivity contribution >= 4 is 21.6 Å². The fourth-order valence-electron chi connectivity index (χ4n) is 4.95. The molecule has 1 amide bonds. The second kappa shape index (κ2) is 12.4. The van der Waals surface area contributed by atoms with Gasteiger partial charge in [0.25, 0.3) is 10.0 Å². The molecule has 1 aromatic carbocycles. The van der Waals surface area contributed by atoms with E-state index in [2.05, 4.69) is 19.8 Å². The monoisotopic (exact) mass is 571 g/mol. The van der Waals surface area contributed by atoms with Gasteiger partial charge in [-0.3, -0.25) is 19.4 Å². The van der Waals surface area contributed by atoms with Crippen molar-refractivity contribution in [2.45, 2.75) is 57.7 Å². The summed E-state index contributed by atoms with van der Waals surface area (Å²) in [6.07, 6.45) is 3.23. The molecule has 2 aromatic heterocycles. The second-order valence-electron chi connectivity index (χ2n) is 10.5. The Morgan fingerprint density at radius 1 is 1.23 bits per heavy atom. The highest BCUT2D eigenvalue weighted by Gasteiger charge is 2.31. The second-order valence-corrected chi connectivity index (χ2v) is 12.1. The van der Waals surface area contributed by atoms with Gasteiger partial charge < -0.3 is 19.3 Å². The van der Waals surface area contributed by atoms with Crippen molar-refractivity contribution in [2.24, 2.45) is 5.92 Å². The third-order valence-electron chi connectivity index (χ3n) is 7.10. The average molecular weight is 572 g/mol. The number of aliphatic hydroxyl groups excluding tert-OH is 1. The Morgan fingerprint density at radius 2 is 1.95 bits per heavy atom. The zero-order valence-corrected chi connectivity index (χ0v) is 24.3. The Labute approximate surface area is 235 Å². The molecule has 40 heavy (non-hydrogen) atoms. The molecule has 0 saturated carbocycles. The van der Waals surface area contributed by atoms with E-state index < -0.39 is 10.0 Å². The van der Waals surface area contributed by atoms with Gasteiger partial charge in [0.15, 0.2) is 10.7 Å². The van der Waals surface area contributed by atoms with Gasteiger partial charge in [0.1, 0.15) is 17.5 Å². The molecule has 12 heteroatoms. The van der Waals surface area contributed by atoms with Crippen LogP contribution in [0.25, 0.3) is 0 Å². The molecule has 3 aromatic rings. The molecule has 1 aliphatic heterocycles. The molecule has 3 heterocycles. The number of hydrogen-bond donors (Lipinski definition) is 2. The van der Waals surface area contributed by atoms with E-state index in [9.17, 15) is 18.3 Å². The number of carbonyl (C=O) groups is 1. The lowest BCUT2D eigenvalue weighted by atomic mass is 10.0. The molecule has 0 radical (unpaired) electrons. The van der Waals surface area contributed by atoms with E-state index in [0.717, 1.165) is 5.56 Å². The predicted octanol–water partition coefficient (Wildman–Crippen LogP) is 2.77. The van der Waals surface area contributed by atoms with Gasteiger partial charge in [-0.05, 0) is 63.7 Å². The first-order valence-corrected chi connectivity index (χ1v) is 14.7. The van der Waals surface area contributed by atoms with Crippen LogP contribution < -0.4 is 9.46 Å². The minimum absolute atomic E-state index is 0.00709. The van der Waals surface area contributed by atoms with Crippen molar-refractivity contribution in [3.63, 3.8) is 0 Å². The summed E-state index contributed by atoms with van der Waals surface area (Å²) in [4.78, 5) is 21.4. The Bertz CT molecular complexity index is 1410. The minimum Gasteiger partial charge on any atom is -0.488 e. The number of anilines is 1. The van der Waals surface area contributed by atoms with Crippen LogP contribution in [-0.4, -0.2) is 78.3 Å². The van der Waals surface area contributed by atoms with Gasteiger partial charge in [0.05, 0.1) is 19.1 Å². The Hall–Kier alpha value is -3.48. The standard InChI is InChI=1S/C28H37N5O6S/c1-18-14-33(19(2)17-34)27(35)13-23-12-24(31-40(36,37)28-20(3)30-39-21(28)4)6-7-25(23)38-26(18)16-32(5)15-22-8-10-29-11-9-22/h6-12,18-19,26,31,34H,13-17H2,1-5H3/t18-,19+,26-/m1/s1. The molecule has 0 bridgehead atoms. The van der Waals surface area contributed by atoms with Gasteiger partial charge in [-0.2, -0.15) is 0 Å². The van der Waals surface area contributed by atoms with Crippen LogP contribution >= 0.6 is 0 Å². The van der Waals surface area contributed by atoms with Crippen molar-refractivity contribution in [3.8, 4) is 5.75 Å². The van der Waals surface area contributed by atoms with E-state index in [4.69, 9.17) is 9.26 Å². The number of nitrogens with one attached hydrogen (secondary N) is 1. The number of sulfonamides is 1. The number of aliphatic hydroxyl groups is 1. The summed E-state index contributed by atoms with van der Waals surface area (Å²) in [5, 5.41) is 13.6. The molecule has 0 fully saturated rings. The maximum atomic E-state index is 13.5. The van der Waals surface area contributed by atoms with Gasteiger partial charge in [-0.15, -0.1) is 0 Å². The lowest BCUT2D eigenvalue weighted by Crippen LogP contribution is -2.47. The van der Waals surface area contributed by atoms with Gasteiger partial charge in [-0.25, -0.2) is 8.42 Å². The molecular weight excluding hydrogens is 534 g/mol. The molecule has 216 valence electrons. The SMILES string of the molecule is Cc1noc(C)c1S(=O)(=O)Nc1ccc2c(c1)CC(=O)N([C@@H](C)CO)C[C@@H](C)[C@@H](CN(C)Cc1ccncc1)O2. The Morgan fingerprint density at radius 3 is 2.60 bits per heavy atom. The van der Waals surface area contributed by atoms with Crippen LogP contribution in [0.5, 0.6) is 5.75 Å². The smallest absolute Gasteiger partial charge is 0.267 e. The normalized spacial score (nSPS) is 18.9. The molecule has 2 N–H and O–H groups in total. The fraction of sp³-hybridized carbons (Fsp3) is 0.464. The maximum Gasteiger partial charge on any atom is 0.267 e. The highest BCUT2D eigenvalue weighted by Crippen LogP contribution is 2.31. The van der Waals surface area contributed by atoms with Crippen LogP contribution in [0.2, 0.25) is 0 Å². The Kier molecular flexibility index (Phi) is 9.12. The summed E-state index contributed by atoms with van der Waals surface area (Å²) in [5.41, 5.74) is 2.22. The Balaban J connectivity index is 1.65. The summed E-state index contributed by atoms with van der Waals surface area (Å²) in [6, 6.07) is 8.49. The minimum atomic E-state index is -3.97. The zero-order chi connectivity index (χ0) is 29.0. The molecule has 0 unspecified atom stereocenters. The van der Waals surface area contributed by atoms with E-state index >= 15 is 0 Å². The van der Waals surface area contributed by atoms with E-state index in [0.29, 0.717) is 30.9 Å². The van der Waals surface area contributed by atoms with Crippen molar-refractivity contribution < 1.29 is 27.6 Å². The largest absolute Gasteiger partial charge is 0.488 e. The van der Waals surface area contributed by atoms with Crippen molar-refractivity contribution in [1.29, 1.82) is 0 Å². The highest BCUT2D eigenvalue weighted by atomic mass is 32.2. The number of amides is 1. The van der Waals surface area contributed by atoms with Crippen molar-refractivity contribution in [3.05, 3.63) is 65.3 Å².